The van der Waals surface area contributed by atoms with Crippen LogP contribution in [0.15, 0.2) is 18.3 Å². The lowest BCUT2D eigenvalue weighted by Crippen LogP contribution is -2.48. The Bertz CT molecular complexity index is 475. The van der Waals surface area contributed by atoms with E-state index in [0.29, 0.717) is 30.4 Å². The summed E-state index contributed by atoms with van der Waals surface area (Å²) in [6.45, 7) is 3.59. The SMILES string of the molecule is C#CCN1CCN(C(=O)c2cc(Cl)ccn2)CC1. The molecule has 0 N–H and O–H groups in total. The van der Waals surface area contributed by atoms with Crippen molar-refractivity contribution in [3.05, 3.63) is 29.0 Å². The molecule has 1 aliphatic heterocycles. The molecule has 0 spiro atoms. The van der Waals surface area contributed by atoms with E-state index in [4.69, 9.17) is 18.0 Å². The molecule has 0 aliphatic carbocycles. The van der Waals surface area contributed by atoms with E-state index in [2.05, 4.69) is 15.8 Å². The molecular formula is C13H14ClN3O. The largest absolute Gasteiger partial charge is 0.335 e. The highest BCUT2D eigenvalue weighted by molar-refractivity contribution is 6.30. The van der Waals surface area contributed by atoms with Gasteiger partial charge < -0.3 is 4.90 Å². The lowest BCUT2D eigenvalue weighted by atomic mass is 10.2. The van der Waals surface area contributed by atoms with E-state index in [1.165, 1.54) is 0 Å². The van der Waals surface area contributed by atoms with E-state index in [0.717, 1.165) is 13.1 Å². The average molecular weight is 264 g/mol. The third-order valence-corrected chi connectivity index (χ3v) is 3.15. The molecule has 18 heavy (non-hydrogen) atoms. The Morgan fingerprint density at radius 2 is 2.17 bits per heavy atom. The number of hydrogen-bond acceptors (Lipinski definition) is 3. The molecule has 94 valence electrons. The fourth-order valence-corrected chi connectivity index (χ4v) is 2.08. The predicted octanol–water partition coefficient (Wildman–Crippen LogP) is 1.13. The number of piperazine rings is 1. The first-order valence-corrected chi connectivity index (χ1v) is 6.15. The quantitative estimate of drug-likeness (QED) is 0.751. The minimum atomic E-state index is -0.0714. The van der Waals surface area contributed by atoms with Gasteiger partial charge in [-0.2, -0.15) is 0 Å². The van der Waals surface area contributed by atoms with E-state index in [1.54, 1.807) is 23.2 Å². The number of carbonyl (C=O) groups excluding carboxylic acids is 1. The number of halogens is 1. The second-order valence-electron chi connectivity index (χ2n) is 4.13. The van der Waals surface area contributed by atoms with Crippen molar-refractivity contribution < 1.29 is 4.79 Å². The summed E-state index contributed by atoms with van der Waals surface area (Å²) < 4.78 is 0. The summed E-state index contributed by atoms with van der Waals surface area (Å²) in [6.07, 6.45) is 6.81. The van der Waals surface area contributed by atoms with Gasteiger partial charge >= 0.3 is 0 Å². The third-order valence-electron chi connectivity index (χ3n) is 2.92. The van der Waals surface area contributed by atoms with Crippen molar-refractivity contribution in [2.75, 3.05) is 32.7 Å². The van der Waals surface area contributed by atoms with Gasteiger partial charge in [0.2, 0.25) is 0 Å². The maximum absolute atomic E-state index is 12.2. The van der Waals surface area contributed by atoms with Crippen molar-refractivity contribution in [2.24, 2.45) is 0 Å². The lowest BCUT2D eigenvalue weighted by Gasteiger charge is -2.33. The highest BCUT2D eigenvalue weighted by atomic mass is 35.5. The van der Waals surface area contributed by atoms with Crippen molar-refractivity contribution in [1.82, 2.24) is 14.8 Å². The summed E-state index contributed by atoms with van der Waals surface area (Å²) in [5.41, 5.74) is 0.396. The zero-order chi connectivity index (χ0) is 13.0. The van der Waals surface area contributed by atoms with Crippen LogP contribution in [0, 0.1) is 12.3 Å². The Balaban J connectivity index is 1.98. The molecule has 0 saturated carbocycles. The van der Waals surface area contributed by atoms with Crippen LogP contribution in [0.4, 0.5) is 0 Å². The van der Waals surface area contributed by atoms with E-state index < -0.39 is 0 Å². The van der Waals surface area contributed by atoms with Gasteiger partial charge in [0.1, 0.15) is 5.69 Å². The van der Waals surface area contributed by atoms with E-state index >= 15 is 0 Å². The molecule has 0 radical (unpaired) electrons. The zero-order valence-corrected chi connectivity index (χ0v) is 10.7. The zero-order valence-electron chi connectivity index (χ0n) is 9.97. The van der Waals surface area contributed by atoms with Crippen LogP contribution in [0.3, 0.4) is 0 Å². The minimum absolute atomic E-state index is 0.0714. The van der Waals surface area contributed by atoms with E-state index in [9.17, 15) is 4.79 Å². The lowest BCUT2D eigenvalue weighted by molar-refractivity contribution is 0.0646. The van der Waals surface area contributed by atoms with Crippen molar-refractivity contribution in [1.29, 1.82) is 0 Å². The van der Waals surface area contributed by atoms with Crippen LogP contribution >= 0.6 is 11.6 Å². The van der Waals surface area contributed by atoms with Gasteiger partial charge in [-0.1, -0.05) is 17.5 Å². The Morgan fingerprint density at radius 1 is 1.44 bits per heavy atom. The van der Waals surface area contributed by atoms with E-state index in [1.807, 2.05) is 0 Å². The molecule has 1 fully saturated rings. The number of nitrogens with zero attached hydrogens (tertiary/aromatic N) is 3. The fraction of sp³-hybridized carbons (Fsp3) is 0.385. The summed E-state index contributed by atoms with van der Waals surface area (Å²) in [5.74, 6) is 2.54. The highest BCUT2D eigenvalue weighted by Gasteiger charge is 2.22. The molecule has 1 aliphatic rings. The van der Waals surface area contributed by atoms with Crippen LogP contribution < -0.4 is 0 Å². The molecule has 1 saturated heterocycles. The highest BCUT2D eigenvalue weighted by Crippen LogP contribution is 2.11. The van der Waals surface area contributed by atoms with Crippen LogP contribution in [-0.4, -0.2) is 53.4 Å². The Labute approximate surface area is 112 Å². The molecule has 5 heteroatoms. The Morgan fingerprint density at radius 3 is 2.78 bits per heavy atom. The molecule has 0 aromatic carbocycles. The molecule has 0 unspecified atom stereocenters. The van der Waals surface area contributed by atoms with Gasteiger partial charge in [0, 0.05) is 37.4 Å². The first-order chi connectivity index (χ1) is 8.70. The van der Waals surface area contributed by atoms with Crippen LogP contribution in [0.1, 0.15) is 10.5 Å². The first-order valence-electron chi connectivity index (χ1n) is 5.77. The minimum Gasteiger partial charge on any atom is -0.335 e. The topological polar surface area (TPSA) is 36.4 Å². The standard InChI is InChI=1S/C13H14ClN3O/c1-2-5-16-6-8-17(9-7-16)13(18)12-10-11(14)3-4-15-12/h1,3-4,10H,5-9H2. The maximum Gasteiger partial charge on any atom is 0.272 e. The van der Waals surface area contributed by atoms with Crippen LogP contribution in [-0.2, 0) is 0 Å². The van der Waals surface area contributed by atoms with Gasteiger partial charge in [-0.15, -0.1) is 6.42 Å². The summed E-state index contributed by atoms with van der Waals surface area (Å²) in [6, 6.07) is 3.25. The van der Waals surface area contributed by atoms with Crippen molar-refractivity contribution in [2.45, 2.75) is 0 Å². The Kier molecular flexibility index (Phi) is 4.19. The predicted molar refractivity (Wildman–Crippen MR) is 70.4 cm³/mol. The Hall–Kier alpha value is -1.57. The third kappa shape index (κ3) is 3.00. The van der Waals surface area contributed by atoms with Gasteiger partial charge in [-0.25, -0.2) is 0 Å². The molecule has 0 atom stereocenters. The van der Waals surface area contributed by atoms with Gasteiger partial charge in [-0.05, 0) is 12.1 Å². The second kappa shape index (κ2) is 5.85. The summed E-state index contributed by atoms with van der Waals surface area (Å²) in [7, 11) is 0. The van der Waals surface area contributed by atoms with Gasteiger partial charge in [0.25, 0.3) is 5.91 Å². The monoisotopic (exact) mass is 263 g/mol. The molecule has 1 amide bonds. The van der Waals surface area contributed by atoms with Crippen LogP contribution in [0.5, 0.6) is 0 Å². The molecule has 2 heterocycles. The van der Waals surface area contributed by atoms with Crippen molar-refractivity contribution in [3.8, 4) is 12.3 Å². The van der Waals surface area contributed by atoms with Crippen molar-refractivity contribution >= 4 is 17.5 Å². The molecule has 1 aromatic heterocycles. The fourth-order valence-electron chi connectivity index (χ4n) is 1.92. The molecular weight excluding hydrogens is 250 g/mol. The number of amides is 1. The average Bonchev–Trinajstić information content (AvgIpc) is 2.39. The number of terminal acetylenes is 1. The van der Waals surface area contributed by atoms with Gasteiger partial charge in [0.15, 0.2) is 0 Å². The van der Waals surface area contributed by atoms with Crippen LogP contribution in [0.25, 0.3) is 0 Å². The van der Waals surface area contributed by atoms with Crippen LogP contribution in [0.2, 0.25) is 5.02 Å². The summed E-state index contributed by atoms with van der Waals surface area (Å²) in [5, 5.41) is 0.527. The van der Waals surface area contributed by atoms with Crippen molar-refractivity contribution in [3.63, 3.8) is 0 Å². The van der Waals surface area contributed by atoms with E-state index in [-0.39, 0.29) is 5.91 Å². The smallest absolute Gasteiger partial charge is 0.272 e. The molecule has 1 aromatic rings. The number of rotatable bonds is 2. The molecule has 4 nitrogen and oxygen atoms in total. The maximum atomic E-state index is 12.2. The molecule has 0 bridgehead atoms. The van der Waals surface area contributed by atoms with Gasteiger partial charge in [-0.3, -0.25) is 14.7 Å². The normalized spacial score (nSPS) is 16.3. The number of aromatic nitrogens is 1. The summed E-state index contributed by atoms with van der Waals surface area (Å²) in [4.78, 5) is 20.1. The number of carbonyl (C=O) groups is 1. The number of hydrogen-bond donors (Lipinski definition) is 0. The summed E-state index contributed by atoms with van der Waals surface area (Å²) >= 11 is 5.85. The first kappa shape index (κ1) is 12.9. The molecule has 2 rings (SSSR count). The second-order valence-corrected chi connectivity index (χ2v) is 4.57. The number of pyridine rings is 1. The van der Waals surface area contributed by atoms with Gasteiger partial charge in [0.05, 0.1) is 6.54 Å².